The van der Waals surface area contributed by atoms with Crippen LogP contribution in [0.2, 0.25) is 5.02 Å². The SMILES string of the molecule is Cc1ccccc1N1CC[NH+](CC(=O)Nc2ccc(F)c(Cl)c2)CC1. The van der Waals surface area contributed by atoms with Crippen molar-refractivity contribution in [2.75, 3.05) is 42.9 Å². The monoisotopic (exact) mass is 362 g/mol. The Kier molecular flexibility index (Phi) is 5.56. The minimum atomic E-state index is -0.488. The van der Waals surface area contributed by atoms with Gasteiger partial charge in [0.25, 0.3) is 5.91 Å². The highest BCUT2D eigenvalue weighted by molar-refractivity contribution is 6.31. The summed E-state index contributed by atoms with van der Waals surface area (Å²) < 4.78 is 13.2. The fraction of sp³-hybridized carbons (Fsp3) is 0.316. The molecule has 1 aliphatic rings. The number of hydrogen-bond acceptors (Lipinski definition) is 2. The van der Waals surface area contributed by atoms with Gasteiger partial charge in [0.2, 0.25) is 0 Å². The fourth-order valence-corrected chi connectivity index (χ4v) is 3.35. The number of carbonyl (C=O) groups is 1. The summed E-state index contributed by atoms with van der Waals surface area (Å²) in [6, 6.07) is 12.6. The van der Waals surface area contributed by atoms with Crippen LogP contribution >= 0.6 is 11.6 Å². The minimum Gasteiger partial charge on any atom is -0.360 e. The molecule has 0 unspecified atom stereocenters. The number of piperazine rings is 1. The van der Waals surface area contributed by atoms with Crippen LogP contribution in [0, 0.1) is 12.7 Å². The number of hydrogen-bond donors (Lipinski definition) is 2. The van der Waals surface area contributed by atoms with Crippen LogP contribution in [0.25, 0.3) is 0 Å². The highest BCUT2D eigenvalue weighted by atomic mass is 35.5. The molecule has 2 N–H and O–H groups in total. The van der Waals surface area contributed by atoms with Crippen LogP contribution in [0.3, 0.4) is 0 Å². The number of halogens is 2. The molecule has 0 aliphatic carbocycles. The van der Waals surface area contributed by atoms with Gasteiger partial charge in [-0.1, -0.05) is 29.8 Å². The first-order valence-electron chi connectivity index (χ1n) is 8.42. The second kappa shape index (κ2) is 7.85. The van der Waals surface area contributed by atoms with E-state index in [-0.39, 0.29) is 10.9 Å². The number of nitrogens with one attached hydrogen (secondary N) is 2. The molecule has 1 amide bonds. The molecule has 4 nitrogen and oxygen atoms in total. The number of quaternary nitrogens is 1. The number of carbonyl (C=O) groups excluding carboxylic acids is 1. The van der Waals surface area contributed by atoms with Gasteiger partial charge in [-0.05, 0) is 36.8 Å². The van der Waals surface area contributed by atoms with Crippen LogP contribution in [0.5, 0.6) is 0 Å². The van der Waals surface area contributed by atoms with Crippen molar-refractivity contribution in [1.29, 1.82) is 0 Å². The zero-order valence-corrected chi connectivity index (χ0v) is 14.9. The Morgan fingerprint density at radius 2 is 1.96 bits per heavy atom. The van der Waals surface area contributed by atoms with E-state index < -0.39 is 5.82 Å². The predicted octanol–water partition coefficient (Wildman–Crippen LogP) is 2.13. The zero-order chi connectivity index (χ0) is 17.8. The smallest absolute Gasteiger partial charge is 0.279 e. The average molecular weight is 363 g/mol. The van der Waals surface area contributed by atoms with Crippen LogP contribution in [-0.2, 0) is 4.79 Å². The Bertz CT molecular complexity index is 760. The molecular formula is C19H22ClFN3O+. The molecule has 25 heavy (non-hydrogen) atoms. The first kappa shape index (κ1) is 17.7. The van der Waals surface area contributed by atoms with E-state index in [0.717, 1.165) is 26.2 Å². The third-order valence-corrected chi connectivity index (χ3v) is 4.83. The number of benzene rings is 2. The second-order valence-corrected chi connectivity index (χ2v) is 6.78. The average Bonchev–Trinajstić information content (AvgIpc) is 2.59. The summed E-state index contributed by atoms with van der Waals surface area (Å²) in [6.07, 6.45) is 0. The molecule has 0 spiro atoms. The lowest BCUT2D eigenvalue weighted by atomic mass is 10.1. The summed E-state index contributed by atoms with van der Waals surface area (Å²) in [4.78, 5) is 15.8. The van der Waals surface area contributed by atoms with Gasteiger partial charge in [0.1, 0.15) is 5.82 Å². The lowest BCUT2D eigenvalue weighted by Crippen LogP contribution is -3.15. The van der Waals surface area contributed by atoms with E-state index in [4.69, 9.17) is 11.6 Å². The van der Waals surface area contributed by atoms with Crippen molar-refractivity contribution >= 4 is 28.9 Å². The number of amides is 1. The van der Waals surface area contributed by atoms with E-state index in [1.165, 1.54) is 34.3 Å². The summed E-state index contributed by atoms with van der Waals surface area (Å²) in [6.45, 7) is 6.19. The van der Waals surface area contributed by atoms with Crippen LogP contribution in [0.4, 0.5) is 15.8 Å². The third kappa shape index (κ3) is 4.50. The van der Waals surface area contributed by atoms with Crippen molar-refractivity contribution in [3.05, 3.63) is 58.9 Å². The van der Waals surface area contributed by atoms with E-state index in [1.54, 1.807) is 0 Å². The van der Waals surface area contributed by atoms with Gasteiger partial charge in [-0.3, -0.25) is 4.79 Å². The molecule has 1 saturated heterocycles. The predicted molar refractivity (Wildman–Crippen MR) is 99.0 cm³/mol. The van der Waals surface area contributed by atoms with Gasteiger partial charge in [-0.2, -0.15) is 0 Å². The van der Waals surface area contributed by atoms with Crippen LogP contribution in [0.1, 0.15) is 5.56 Å². The van der Waals surface area contributed by atoms with Gasteiger partial charge in [-0.25, -0.2) is 4.39 Å². The summed E-state index contributed by atoms with van der Waals surface area (Å²) >= 11 is 5.74. The largest absolute Gasteiger partial charge is 0.360 e. The molecular weight excluding hydrogens is 341 g/mol. The Hall–Kier alpha value is -2.11. The molecule has 1 aliphatic heterocycles. The highest BCUT2D eigenvalue weighted by Gasteiger charge is 2.23. The summed E-state index contributed by atoms with van der Waals surface area (Å²) in [7, 11) is 0. The maximum absolute atomic E-state index is 13.2. The van der Waals surface area contributed by atoms with Crippen molar-refractivity contribution in [3.63, 3.8) is 0 Å². The van der Waals surface area contributed by atoms with Crippen LogP contribution < -0.4 is 15.1 Å². The molecule has 3 rings (SSSR count). The van der Waals surface area contributed by atoms with Crippen molar-refractivity contribution in [2.45, 2.75) is 6.92 Å². The standard InChI is InChI=1S/C19H21ClFN3O/c1-14-4-2-3-5-18(14)24-10-8-23(9-11-24)13-19(25)22-15-6-7-17(21)16(20)12-15/h2-7,12H,8-11,13H2,1H3,(H,22,25)/p+1. The molecule has 0 aromatic heterocycles. The van der Waals surface area contributed by atoms with E-state index >= 15 is 0 Å². The zero-order valence-electron chi connectivity index (χ0n) is 14.2. The molecule has 2 aromatic rings. The number of rotatable bonds is 4. The molecule has 2 aromatic carbocycles. The molecule has 0 atom stereocenters. The number of aryl methyl sites for hydroxylation is 1. The van der Waals surface area contributed by atoms with Gasteiger partial charge in [-0.15, -0.1) is 0 Å². The lowest BCUT2D eigenvalue weighted by molar-refractivity contribution is -0.892. The third-order valence-electron chi connectivity index (χ3n) is 4.54. The first-order chi connectivity index (χ1) is 12.0. The van der Waals surface area contributed by atoms with Gasteiger partial charge >= 0.3 is 0 Å². The van der Waals surface area contributed by atoms with Crippen molar-refractivity contribution in [3.8, 4) is 0 Å². The summed E-state index contributed by atoms with van der Waals surface area (Å²) in [5.41, 5.74) is 3.07. The number of para-hydroxylation sites is 1. The van der Waals surface area contributed by atoms with E-state index in [1.807, 2.05) is 6.07 Å². The van der Waals surface area contributed by atoms with E-state index in [2.05, 4.69) is 35.3 Å². The van der Waals surface area contributed by atoms with Gasteiger partial charge < -0.3 is 15.1 Å². The molecule has 132 valence electrons. The molecule has 1 fully saturated rings. The Morgan fingerprint density at radius 1 is 1.24 bits per heavy atom. The van der Waals surface area contributed by atoms with Crippen molar-refractivity contribution < 1.29 is 14.1 Å². The lowest BCUT2D eigenvalue weighted by Gasteiger charge is -2.34. The minimum absolute atomic E-state index is 0.0111. The Morgan fingerprint density at radius 3 is 2.64 bits per heavy atom. The second-order valence-electron chi connectivity index (χ2n) is 6.38. The highest BCUT2D eigenvalue weighted by Crippen LogP contribution is 2.20. The Balaban J connectivity index is 1.51. The normalized spacial score (nSPS) is 15.2. The van der Waals surface area contributed by atoms with Gasteiger partial charge in [0.15, 0.2) is 6.54 Å². The maximum atomic E-state index is 13.2. The summed E-state index contributed by atoms with van der Waals surface area (Å²) in [5, 5.41) is 2.80. The molecule has 6 heteroatoms. The quantitative estimate of drug-likeness (QED) is 0.874. The first-order valence-corrected chi connectivity index (χ1v) is 8.80. The van der Waals surface area contributed by atoms with Crippen molar-refractivity contribution in [2.24, 2.45) is 0 Å². The number of anilines is 2. The molecule has 0 radical (unpaired) electrons. The Labute approximate surface area is 152 Å². The van der Waals surface area contributed by atoms with Crippen molar-refractivity contribution in [1.82, 2.24) is 0 Å². The van der Waals surface area contributed by atoms with E-state index in [9.17, 15) is 9.18 Å². The topological polar surface area (TPSA) is 36.8 Å². The molecule has 1 heterocycles. The van der Waals surface area contributed by atoms with Gasteiger partial charge in [0, 0.05) is 11.4 Å². The molecule has 0 saturated carbocycles. The number of nitrogens with zero attached hydrogens (tertiary/aromatic N) is 1. The van der Waals surface area contributed by atoms with Crippen LogP contribution in [-0.4, -0.2) is 38.6 Å². The van der Waals surface area contributed by atoms with Crippen LogP contribution in [0.15, 0.2) is 42.5 Å². The summed E-state index contributed by atoms with van der Waals surface area (Å²) in [5.74, 6) is -0.570. The maximum Gasteiger partial charge on any atom is 0.279 e. The van der Waals surface area contributed by atoms with E-state index in [0.29, 0.717) is 12.2 Å². The fourth-order valence-electron chi connectivity index (χ4n) is 3.16. The molecule has 0 bridgehead atoms. The van der Waals surface area contributed by atoms with Gasteiger partial charge in [0.05, 0.1) is 31.2 Å².